The van der Waals surface area contributed by atoms with Crippen LogP contribution in [0.5, 0.6) is 0 Å². The summed E-state index contributed by atoms with van der Waals surface area (Å²) in [6, 6.07) is -0.454. The molecule has 1 aromatic rings. The van der Waals surface area contributed by atoms with Crippen LogP contribution in [-0.2, 0) is 11.2 Å². The number of aromatic nitrogens is 2. The summed E-state index contributed by atoms with van der Waals surface area (Å²) in [7, 11) is 0. The van der Waals surface area contributed by atoms with Crippen LogP contribution in [0.3, 0.4) is 0 Å². The Morgan fingerprint density at radius 1 is 1.59 bits per heavy atom. The number of rotatable bonds is 6. The van der Waals surface area contributed by atoms with E-state index in [2.05, 4.69) is 15.5 Å². The summed E-state index contributed by atoms with van der Waals surface area (Å²) >= 11 is 0. The molecular weight excluding hydrogens is 220 g/mol. The van der Waals surface area contributed by atoms with E-state index in [0.29, 0.717) is 24.7 Å². The molecule has 1 heterocycles. The number of hydrogen-bond acceptors (Lipinski definition) is 5. The first-order valence-corrected chi connectivity index (χ1v) is 5.87. The fourth-order valence-electron chi connectivity index (χ4n) is 1.36. The minimum absolute atomic E-state index is 0.129. The van der Waals surface area contributed by atoms with Gasteiger partial charge in [-0.2, -0.15) is 4.98 Å². The molecule has 2 unspecified atom stereocenters. The van der Waals surface area contributed by atoms with Gasteiger partial charge in [0.25, 0.3) is 0 Å². The highest BCUT2D eigenvalue weighted by Gasteiger charge is 2.18. The quantitative estimate of drug-likeness (QED) is 0.751. The molecule has 0 aliphatic heterocycles. The number of nitrogens with one attached hydrogen (secondary N) is 1. The third kappa shape index (κ3) is 4.14. The van der Waals surface area contributed by atoms with E-state index in [1.807, 2.05) is 13.8 Å². The Morgan fingerprint density at radius 3 is 2.82 bits per heavy atom. The average molecular weight is 240 g/mol. The van der Waals surface area contributed by atoms with Crippen LogP contribution in [0.4, 0.5) is 0 Å². The number of hydrogen-bond donors (Lipinski definition) is 2. The molecule has 3 N–H and O–H groups in total. The van der Waals surface area contributed by atoms with Crippen LogP contribution in [0.2, 0.25) is 0 Å². The lowest BCUT2D eigenvalue weighted by molar-refractivity contribution is -0.123. The van der Waals surface area contributed by atoms with Crippen molar-refractivity contribution in [2.24, 2.45) is 11.7 Å². The van der Waals surface area contributed by atoms with Crippen LogP contribution in [0.25, 0.3) is 0 Å². The summed E-state index contributed by atoms with van der Waals surface area (Å²) in [5.41, 5.74) is 5.79. The van der Waals surface area contributed by atoms with Crippen LogP contribution in [0.15, 0.2) is 4.52 Å². The largest absolute Gasteiger partial charge is 0.354 e. The molecule has 17 heavy (non-hydrogen) atoms. The lowest BCUT2D eigenvalue weighted by Crippen LogP contribution is -2.45. The molecular formula is C11H20N4O2. The maximum Gasteiger partial charge on any atom is 0.237 e. The molecule has 1 amide bonds. The van der Waals surface area contributed by atoms with Gasteiger partial charge in [0.15, 0.2) is 5.82 Å². The van der Waals surface area contributed by atoms with Crippen molar-refractivity contribution in [2.75, 3.05) is 6.54 Å². The molecule has 6 heteroatoms. The van der Waals surface area contributed by atoms with Crippen molar-refractivity contribution < 1.29 is 9.32 Å². The Balaban J connectivity index is 2.29. The second kappa shape index (κ2) is 6.34. The first-order chi connectivity index (χ1) is 8.04. The van der Waals surface area contributed by atoms with Crippen LogP contribution < -0.4 is 11.1 Å². The van der Waals surface area contributed by atoms with Gasteiger partial charge in [0, 0.05) is 13.0 Å². The normalized spacial score (nSPS) is 14.4. The van der Waals surface area contributed by atoms with Crippen molar-refractivity contribution in [1.82, 2.24) is 15.5 Å². The zero-order valence-electron chi connectivity index (χ0n) is 10.6. The van der Waals surface area contributed by atoms with Crippen molar-refractivity contribution in [2.45, 2.75) is 39.7 Å². The standard InChI is InChI=1S/C11H20N4O2/c1-4-7(2)10(12)11(16)13-6-5-9-14-8(3)15-17-9/h7,10H,4-6,12H2,1-3H3,(H,13,16). The highest BCUT2D eigenvalue weighted by molar-refractivity contribution is 5.81. The summed E-state index contributed by atoms with van der Waals surface area (Å²) in [6.45, 7) is 6.19. The maximum absolute atomic E-state index is 11.6. The van der Waals surface area contributed by atoms with Crippen LogP contribution in [0, 0.1) is 12.8 Å². The Morgan fingerprint density at radius 2 is 2.29 bits per heavy atom. The summed E-state index contributed by atoms with van der Waals surface area (Å²) in [5, 5.41) is 6.43. The van der Waals surface area contributed by atoms with Gasteiger partial charge in [0.05, 0.1) is 6.04 Å². The van der Waals surface area contributed by atoms with E-state index >= 15 is 0 Å². The smallest absolute Gasteiger partial charge is 0.237 e. The third-order valence-electron chi connectivity index (χ3n) is 2.77. The van der Waals surface area contributed by atoms with Gasteiger partial charge >= 0.3 is 0 Å². The summed E-state index contributed by atoms with van der Waals surface area (Å²) in [4.78, 5) is 15.7. The molecule has 0 fully saturated rings. The van der Waals surface area contributed by atoms with Crippen molar-refractivity contribution in [3.63, 3.8) is 0 Å². The molecule has 1 aromatic heterocycles. The van der Waals surface area contributed by atoms with E-state index < -0.39 is 6.04 Å². The summed E-state index contributed by atoms with van der Waals surface area (Å²) < 4.78 is 4.93. The highest BCUT2D eigenvalue weighted by Crippen LogP contribution is 2.05. The van der Waals surface area contributed by atoms with Gasteiger partial charge in [-0.15, -0.1) is 0 Å². The number of nitrogens with two attached hydrogens (primary N) is 1. The topological polar surface area (TPSA) is 94.0 Å². The fraction of sp³-hybridized carbons (Fsp3) is 0.727. The van der Waals surface area contributed by atoms with E-state index in [1.165, 1.54) is 0 Å². The van der Waals surface area contributed by atoms with Crippen LogP contribution in [0.1, 0.15) is 32.0 Å². The van der Waals surface area contributed by atoms with Gasteiger partial charge in [-0.1, -0.05) is 25.4 Å². The lowest BCUT2D eigenvalue weighted by Gasteiger charge is -2.17. The van der Waals surface area contributed by atoms with Crippen molar-refractivity contribution in [3.8, 4) is 0 Å². The van der Waals surface area contributed by atoms with Crippen molar-refractivity contribution >= 4 is 5.91 Å². The molecule has 0 saturated carbocycles. The van der Waals surface area contributed by atoms with Crippen LogP contribution >= 0.6 is 0 Å². The number of carbonyl (C=O) groups is 1. The predicted molar refractivity (Wildman–Crippen MR) is 63.2 cm³/mol. The Labute approximate surface area is 101 Å². The SMILES string of the molecule is CCC(C)C(N)C(=O)NCCc1nc(C)no1. The maximum atomic E-state index is 11.6. The molecule has 0 aliphatic rings. The minimum atomic E-state index is -0.454. The van der Waals surface area contributed by atoms with E-state index in [-0.39, 0.29) is 11.8 Å². The van der Waals surface area contributed by atoms with E-state index in [1.54, 1.807) is 6.92 Å². The minimum Gasteiger partial charge on any atom is -0.354 e. The molecule has 0 aromatic carbocycles. The Hall–Kier alpha value is -1.43. The van der Waals surface area contributed by atoms with E-state index in [9.17, 15) is 4.79 Å². The number of amides is 1. The van der Waals surface area contributed by atoms with Gasteiger partial charge < -0.3 is 15.6 Å². The molecule has 6 nitrogen and oxygen atoms in total. The highest BCUT2D eigenvalue weighted by atomic mass is 16.5. The Kier molecular flexibility index (Phi) is 5.09. The molecule has 2 atom stereocenters. The molecule has 0 saturated heterocycles. The summed E-state index contributed by atoms with van der Waals surface area (Å²) in [6.07, 6.45) is 1.41. The number of nitrogens with zero attached hydrogens (tertiary/aromatic N) is 2. The van der Waals surface area contributed by atoms with E-state index in [4.69, 9.17) is 10.3 Å². The zero-order chi connectivity index (χ0) is 12.8. The van der Waals surface area contributed by atoms with Gasteiger partial charge in [-0.3, -0.25) is 4.79 Å². The summed E-state index contributed by atoms with van der Waals surface area (Å²) in [5.74, 6) is 1.18. The monoisotopic (exact) mass is 240 g/mol. The Bertz CT molecular complexity index is 364. The van der Waals surface area contributed by atoms with Gasteiger partial charge in [-0.25, -0.2) is 0 Å². The molecule has 0 spiro atoms. The molecule has 96 valence electrons. The van der Waals surface area contributed by atoms with Crippen molar-refractivity contribution in [3.05, 3.63) is 11.7 Å². The van der Waals surface area contributed by atoms with Crippen molar-refractivity contribution in [1.29, 1.82) is 0 Å². The third-order valence-corrected chi connectivity index (χ3v) is 2.77. The average Bonchev–Trinajstić information content (AvgIpc) is 2.72. The predicted octanol–water partition coefficient (Wildman–Crippen LogP) is 0.410. The molecule has 1 rings (SSSR count). The van der Waals surface area contributed by atoms with Crippen LogP contribution in [-0.4, -0.2) is 28.6 Å². The van der Waals surface area contributed by atoms with E-state index in [0.717, 1.165) is 6.42 Å². The first kappa shape index (κ1) is 13.6. The molecule has 0 radical (unpaired) electrons. The second-order valence-corrected chi connectivity index (χ2v) is 4.19. The first-order valence-electron chi connectivity index (χ1n) is 5.87. The number of aryl methyl sites for hydroxylation is 1. The van der Waals surface area contributed by atoms with Gasteiger partial charge in [0.1, 0.15) is 0 Å². The number of carbonyl (C=O) groups excluding carboxylic acids is 1. The molecule has 0 aliphatic carbocycles. The second-order valence-electron chi connectivity index (χ2n) is 4.19. The zero-order valence-corrected chi connectivity index (χ0v) is 10.6. The lowest BCUT2D eigenvalue weighted by atomic mass is 9.99. The fourth-order valence-corrected chi connectivity index (χ4v) is 1.36. The van der Waals surface area contributed by atoms with Gasteiger partial charge in [0.2, 0.25) is 11.8 Å². The molecule has 0 bridgehead atoms. The van der Waals surface area contributed by atoms with Gasteiger partial charge in [-0.05, 0) is 12.8 Å².